The number of hydrogen-bond acceptors (Lipinski definition) is 13. The molecule has 7 bridgehead atoms. The number of benzene rings is 1. The van der Waals surface area contributed by atoms with E-state index in [-0.39, 0.29) is 76.4 Å². The van der Waals surface area contributed by atoms with Crippen molar-refractivity contribution in [1.82, 2.24) is 10.2 Å². The normalized spacial score (nSPS) is 31.4. The summed E-state index contributed by atoms with van der Waals surface area (Å²) < 4.78 is 37.0. The Bertz CT molecular complexity index is 1990. The van der Waals surface area contributed by atoms with Gasteiger partial charge in [0.2, 0.25) is 11.6 Å². The van der Waals surface area contributed by atoms with Crippen molar-refractivity contribution in [1.29, 1.82) is 0 Å². The first-order valence-electron chi connectivity index (χ1n) is 19.9. The number of fused-ring (bicyclic) bond motifs is 10. The van der Waals surface area contributed by atoms with E-state index in [9.17, 15) is 29.1 Å². The Balaban J connectivity index is 1.70. The Hall–Kier alpha value is -4.79. The fraction of sp³-hybridized carbons (Fsp3) is 0.568. The molecule has 14 heteroatoms. The molecule has 58 heavy (non-hydrogen) atoms. The van der Waals surface area contributed by atoms with Crippen molar-refractivity contribution in [3.05, 3.63) is 69.8 Å². The summed E-state index contributed by atoms with van der Waals surface area (Å²) >= 11 is 0. The molecule has 9 atom stereocenters. The first kappa shape index (κ1) is 44.3. The molecule has 2 N–H and O–H groups in total. The molecule has 1 aromatic carbocycles. The van der Waals surface area contributed by atoms with Crippen molar-refractivity contribution >= 4 is 29.2 Å². The van der Waals surface area contributed by atoms with Gasteiger partial charge in [0.05, 0.1) is 41.3 Å². The number of rotatable bonds is 5. The number of nitrogens with zero attached hydrogens (tertiary/aromatic N) is 1. The molecule has 5 aliphatic rings. The standard InChI is InChI=1S/C44H58N2O12/c1-14-46(15-2)33-32-35(49)30-29(36(33)50)31-40(24(6)34(30)48)58-44(12,41(31)51)54-20-19-28(53-13)23(5)38(55-27(9)47)26(8)39-25(7)37(56-43(10,11)57-39)21(3)17-16-18-22(4)42(52)45-32/h16-21,23,25-26,28,37-39,48H,14-15H2,1-13H3,(H,45,52). The van der Waals surface area contributed by atoms with Crippen LogP contribution < -0.4 is 10.1 Å². The van der Waals surface area contributed by atoms with Crippen molar-refractivity contribution in [2.24, 2.45) is 23.7 Å². The number of amides is 1. The van der Waals surface area contributed by atoms with E-state index in [0.717, 1.165) is 0 Å². The maximum atomic E-state index is 14.6. The topological polar surface area (TPSA) is 176 Å². The van der Waals surface area contributed by atoms with E-state index in [0.29, 0.717) is 0 Å². The molecule has 0 saturated carbocycles. The number of hydrogen-bond donors (Lipinski definition) is 2. The number of allylic oxidation sites excluding steroid dienone is 4. The maximum absolute atomic E-state index is 14.6. The van der Waals surface area contributed by atoms with Crippen LogP contribution in [0.5, 0.6) is 11.5 Å². The highest BCUT2D eigenvalue weighted by Crippen LogP contribution is 2.49. The summed E-state index contributed by atoms with van der Waals surface area (Å²) in [5, 5.41) is 14.2. The number of phenols is 1. The van der Waals surface area contributed by atoms with E-state index in [2.05, 4.69) is 5.32 Å². The van der Waals surface area contributed by atoms with E-state index in [1.165, 1.54) is 34.1 Å². The average molecular weight is 807 g/mol. The number of Topliss-reactive ketones (excluding diaryl/α,β-unsaturated/α-hetero) is 3. The molecule has 4 aliphatic heterocycles. The van der Waals surface area contributed by atoms with E-state index in [4.69, 9.17) is 28.4 Å². The van der Waals surface area contributed by atoms with Gasteiger partial charge >= 0.3 is 11.8 Å². The van der Waals surface area contributed by atoms with Gasteiger partial charge in [0, 0.05) is 68.9 Å². The number of nitrogens with one attached hydrogen (secondary N) is 1. The molecule has 1 saturated heterocycles. The second-order valence-corrected chi connectivity index (χ2v) is 16.3. The van der Waals surface area contributed by atoms with Gasteiger partial charge in [0.1, 0.15) is 29.0 Å². The fourth-order valence-corrected chi connectivity index (χ4v) is 8.60. The number of esters is 1. The first-order valence-corrected chi connectivity index (χ1v) is 19.9. The van der Waals surface area contributed by atoms with Gasteiger partial charge in [-0.25, -0.2) is 0 Å². The van der Waals surface area contributed by atoms with Crippen LogP contribution in [0.4, 0.5) is 0 Å². The number of methoxy groups -OCH3 is 1. The zero-order valence-corrected chi connectivity index (χ0v) is 35.8. The lowest BCUT2D eigenvalue weighted by Gasteiger charge is -2.50. The summed E-state index contributed by atoms with van der Waals surface area (Å²) in [6.45, 7) is 21.4. The van der Waals surface area contributed by atoms with E-state index >= 15 is 0 Å². The van der Waals surface area contributed by atoms with E-state index in [1.54, 1.807) is 43.9 Å². The van der Waals surface area contributed by atoms with Crippen molar-refractivity contribution in [3.63, 3.8) is 0 Å². The predicted molar refractivity (Wildman–Crippen MR) is 213 cm³/mol. The Kier molecular flexibility index (Phi) is 12.9. The third-order valence-corrected chi connectivity index (χ3v) is 11.8. The van der Waals surface area contributed by atoms with Gasteiger partial charge in [-0.2, -0.15) is 0 Å². The van der Waals surface area contributed by atoms with E-state index in [1.807, 2.05) is 47.6 Å². The number of carbonyl (C=O) groups excluding carboxylic acids is 5. The molecule has 1 amide bonds. The molecular formula is C44H58N2O12. The number of phenolic OH excluding ortho intramolecular Hbond substituents is 1. The Morgan fingerprint density at radius 1 is 0.897 bits per heavy atom. The molecule has 1 aromatic rings. The summed E-state index contributed by atoms with van der Waals surface area (Å²) in [5.74, 6) is -8.36. The molecule has 0 aromatic heterocycles. The molecule has 6 rings (SSSR count). The summed E-state index contributed by atoms with van der Waals surface area (Å²) in [6.07, 6.45) is 5.88. The summed E-state index contributed by atoms with van der Waals surface area (Å²) in [4.78, 5) is 71.5. The molecule has 4 heterocycles. The molecule has 1 fully saturated rings. The molecule has 9 unspecified atom stereocenters. The third kappa shape index (κ3) is 7.98. The van der Waals surface area contributed by atoms with Gasteiger partial charge in [-0.1, -0.05) is 45.9 Å². The van der Waals surface area contributed by atoms with Gasteiger partial charge in [-0.3, -0.25) is 24.0 Å². The van der Waals surface area contributed by atoms with Crippen LogP contribution in [-0.4, -0.2) is 95.4 Å². The van der Waals surface area contributed by atoms with Crippen LogP contribution in [0.1, 0.15) is 113 Å². The van der Waals surface area contributed by atoms with Crippen LogP contribution in [0.3, 0.4) is 0 Å². The van der Waals surface area contributed by atoms with Crippen molar-refractivity contribution in [2.45, 2.75) is 119 Å². The number of ketones is 3. The Morgan fingerprint density at radius 2 is 1.53 bits per heavy atom. The molecule has 1 aliphatic carbocycles. The number of carbonyl (C=O) groups is 5. The number of likely N-dealkylation sites (N-methyl/N-ethyl adjacent to an activating group) is 1. The minimum atomic E-state index is -2.03. The second-order valence-electron chi connectivity index (χ2n) is 16.3. The third-order valence-electron chi connectivity index (χ3n) is 11.8. The highest BCUT2D eigenvalue weighted by Gasteiger charge is 2.53. The van der Waals surface area contributed by atoms with Crippen molar-refractivity contribution < 1.29 is 57.5 Å². The monoisotopic (exact) mass is 806 g/mol. The number of aromatic hydroxyl groups is 1. The minimum Gasteiger partial charge on any atom is -0.507 e. The summed E-state index contributed by atoms with van der Waals surface area (Å²) in [5.41, 5.74) is -1.14. The van der Waals surface area contributed by atoms with Crippen molar-refractivity contribution in [3.8, 4) is 11.5 Å². The lowest BCUT2D eigenvalue weighted by Crippen LogP contribution is -2.56. The van der Waals surface area contributed by atoms with Gasteiger partial charge in [0.25, 0.3) is 11.7 Å². The molecule has 316 valence electrons. The van der Waals surface area contributed by atoms with Gasteiger partial charge in [-0.15, -0.1) is 0 Å². The Morgan fingerprint density at radius 3 is 2.14 bits per heavy atom. The summed E-state index contributed by atoms with van der Waals surface area (Å²) in [7, 11) is 1.50. The van der Waals surface area contributed by atoms with Crippen LogP contribution in [-0.2, 0) is 33.3 Å². The van der Waals surface area contributed by atoms with Crippen LogP contribution in [0, 0.1) is 30.6 Å². The average Bonchev–Trinajstić information content (AvgIpc) is 3.43. The van der Waals surface area contributed by atoms with Gasteiger partial charge < -0.3 is 43.7 Å². The molecule has 0 radical (unpaired) electrons. The highest BCUT2D eigenvalue weighted by atomic mass is 16.7. The van der Waals surface area contributed by atoms with Crippen molar-refractivity contribution in [2.75, 3.05) is 20.2 Å². The lowest BCUT2D eigenvalue weighted by atomic mass is 9.77. The zero-order chi connectivity index (χ0) is 43.2. The SMILES string of the molecule is CCN(CC)C1=C2NC(=O)C(C)=CC=CC(C)C3OC(C)(C)OC(C3C)C(C)C(OC(C)=O)C(C)C(OC)C=COC3(C)Oc4c(C)c(O)c(c(c4C3=O)C1=O)C2=O. The molecule has 0 spiro atoms. The largest absolute Gasteiger partial charge is 0.507 e. The zero-order valence-electron chi connectivity index (χ0n) is 35.8. The lowest BCUT2D eigenvalue weighted by molar-refractivity contribution is -0.336. The predicted octanol–water partition coefficient (Wildman–Crippen LogP) is 6.10. The van der Waals surface area contributed by atoms with Gasteiger partial charge in [0.15, 0.2) is 5.79 Å². The highest BCUT2D eigenvalue weighted by molar-refractivity contribution is 6.32. The first-order chi connectivity index (χ1) is 27.1. The van der Waals surface area contributed by atoms with Crippen LogP contribution in [0.2, 0.25) is 0 Å². The quantitative estimate of drug-likeness (QED) is 0.327. The van der Waals surface area contributed by atoms with E-state index < -0.39 is 76.3 Å². The Labute approximate surface area is 340 Å². The maximum Gasteiger partial charge on any atom is 0.312 e. The van der Waals surface area contributed by atoms with Crippen LogP contribution in [0.15, 0.2) is 47.5 Å². The van der Waals surface area contributed by atoms with Gasteiger partial charge in [-0.05, 0) is 47.6 Å². The summed E-state index contributed by atoms with van der Waals surface area (Å²) in [6, 6.07) is 0. The fourth-order valence-electron chi connectivity index (χ4n) is 8.60. The molecule has 14 nitrogen and oxygen atoms in total. The minimum absolute atomic E-state index is 0.0350. The second kappa shape index (κ2) is 16.8. The van der Waals surface area contributed by atoms with Crippen LogP contribution >= 0.6 is 0 Å². The smallest absolute Gasteiger partial charge is 0.312 e. The molecular weight excluding hydrogens is 748 g/mol. The number of ether oxygens (including phenoxy) is 6. The van der Waals surface area contributed by atoms with Crippen LogP contribution in [0.25, 0.3) is 0 Å².